The molecule has 9 nitrogen and oxygen atoms in total. The van der Waals surface area contributed by atoms with Crippen LogP contribution >= 0.6 is 0 Å². The highest BCUT2D eigenvalue weighted by Crippen LogP contribution is 2.19. The Morgan fingerprint density at radius 3 is 0.842 bits per heavy atom. The molecule has 0 fully saturated rings. The van der Waals surface area contributed by atoms with E-state index >= 15 is 0 Å². The summed E-state index contributed by atoms with van der Waals surface area (Å²) in [6, 6.07) is 0. The summed E-state index contributed by atoms with van der Waals surface area (Å²) in [5.41, 5.74) is 0. The number of likely N-dealkylation sites (N-methyl/N-ethyl adjacent to an activating group) is 1. The highest BCUT2D eigenvalue weighted by molar-refractivity contribution is 5.71. The van der Waals surface area contributed by atoms with Crippen LogP contribution in [-0.2, 0) is 33.3 Å². The summed E-state index contributed by atoms with van der Waals surface area (Å²) in [6.07, 6.45) is 66.8. The van der Waals surface area contributed by atoms with Crippen LogP contribution in [0.2, 0.25) is 0 Å². The van der Waals surface area contributed by atoms with E-state index in [2.05, 4.69) is 13.8 Å². The van der Waals surface area contributed by atoms with Crippen molar-refractivity contribution in [3.8, 4) is 0 Å². The normalized spacial score (nSPS) is 12.6. The van der Waals surface area contributed by atoms with Gasteiger partial charge in [-0.05, 0) is 12.8 Å². The molecule has 0 aromatic heterocycles. The fraction of sp³-hybridized carbons (Fsp3) is 0.955. The van der Waals surface area contributed by atoms with Gasteiger partial charge < -0.3 is 28.5 Å². The lowest BCUT2D eigenvalue weighted by Crippen LogP contribution is -2.40. The van der Waals surface area contributed by atoms with E-state index < -0.39 is 18.4 Å². The number of aliphatic carboxylic acids is 1. The Morgan fingerprint density at radius 1 is 0.342 bits per heavy atom. The Labute approximate surface area is 473 Å². The molecule has 2 atom stereocenters. The monoisotopic (exact) mass is 1080 g/mol. The second-order valence-electron chi connectivity index (χ2n) is 24.5. The van der Waals surface area contributed by atoms with E-state index in [-0.39, 0.29) is 38.2 Å². The Balaban J connectivity index is 3.85. The molecule has 0 radical (unpaired) electrons. The predicted octanol–water partition coefficient (Wildman–Crippen LogP) is 20.3. The highest BCUT2D eigenvalue weighted by atomic mass is 16.7. The Kier molecular flexibility index (Phi) is 58.1. The van der Waals surface area contributed by atoms with Gasteiger partial charge in [-0.3, -0.25) is 9.59 Å². The van der Waals surface area contributed by atoms with Gasteiger partial charge in [-0.2, -0.15) is 0 Å². The number of hydrogen-bond acceptors (Lipinski definition) is 7. The SMILES string of the molecule is CCCCCCCCCCCCCCCCCCCCCCCCCCCCCCCCCCCCCCCCCC(=O)OC(COC(=O)CCCCCCCCCCCCCC)COC(OCC[N+](C)(C)C)C(=O)O. The number of unbranched alkanes of at least 4 members (excludes halogenated alkanes) is 49. The molecule has 0 saturated carbocycles. The zero-order valence-electron chi connectivity index (χ0n) is 51.7. The van der Waals surface area contributed by atoms with Gasteiger partial charge in [0.2, 0.25) is 0 Å². The van der Waals surface area contributed by atoms with Gasteiger partial charge in [-0.25, -0.2) is 4.79 Å². The molecule has 2 unspecified atom stereocenters. The van der Waals surface area contributed by atoms with Crippen LogP contribution in [-0.4, -0.2) is 87.4 Å². The molecule has 0 bridgehead atoms. The molecule has 0 rings (SSSR count). The van der Waals surface area contributed by atoms with Crippen molar-refractivity contribution in [1.29, 1.82) is 0 Å². The van der Waals surface area contributed by atoms with Gasteiger partial charge in [-0.15, -0.1) is 0 Å². The number of quaternary nitrogens is 1. The molecule has 76 heavy (non-hydrogen) atoms. The van der Waals surface area contributed by atoms with Gasteiger partial charge in [0.1, 0.15) is 13.2 Å². The van der Waals surface area contributed by atoms with Crippen LogP contribution < -0.4 is 0 Å². The first-order valence-corrected chi connectivity index (χ1v) is 33.7. The maximum Gasteiger partial charge on any atom is 0.361 e. The molecule has 452 valence electrons. The van der Waals surface area contributed by atoms with E-state index in [0.717, 1.165) is 38.5 Å². The fourth-order valence-electron chi connectivity index (χ4n) is 10.4. The van der Waals surface area contributed by atoms with E-state index in [9.17, 15) is 19.5 Å². The van der Waals surface area contributed by atoms with Crippen LogP contribution in [0.5, 0.6) is 0 Å². The van der Waals surface area contributed by atoms with Crippen LogP contribution in [0.3, 0.4) is 0 Å². The Bertz CT molecular complexity index is 1210. The lowest BCUT2D eigenvalue weighted by atomic mass is 10.0. The molecule has 0 saturated heterocycles. The van der Waals surface area contributed by atoms with Crippen LogP contribution in [0.15, 0.2) is 0 Å². The van der Waals surface area contributed by atoms with Crippen molar-refractivity contribution in [3.63, 3.8) is 0 Å². The molecule has 0 heterocycles. The average Bonchev–Trinajstić information content (AvgIpc) is 3.39. The Hall–Kier alpha value is -1.71. The first kappa shape index (κ1) is 74.3. The number of carbonyl (C=O) groups excluding carboxylic acids is 2. The molecule has 0 aromatic rings. The van der Waals surface area contributed by atoms with Gasteiger partial charge in [-0.1, -0.05) is 328 Å². The minimum absolute atomic E-state index is 0.173. The third-order valence-corrected chi connectivity index (χ3v) is 15.6. The van der Waals surface area contributed by atoms with Crippen LogP contribution in [0.1, 0.15) is 354 Å². The molecule has 0 aliphatic rings. The van der Waals surface area contributed by atoms with Gasteiger partial charge in [0, 0.05) is 12.8 Å². The molecule has 0 amide bonds. The minimum Gasteiger partial charge on any atom is -0.477 e. The summed E-state index contributed by atoms with van der Waals surface area (Å²) in [4.78, 5) is 37.4. The fourth-order valence-corrected chi connectivity index (χ4v) is 10.4. The number of carboxylic acid groups (broad SMARTS) is 1. The number of nitrogens with zero attached hydrogens (tertiary/aromatic N) is 1. The van der Waals surface area contributed by atoms with Crippen molar-refractivity contribution in [2.75, 3.05) is 47.5 Å². The number of carboxylic acids is 1. The third kappa shape index (κ3) is 59.9. The molecule has 0 aliphatic carbocycles. The first-order chi connectivity index (χ1) is 37.1. The lowest BCUT2D eigenvalue weighted by Gasteiger charge is -2.25. The van der Waals surface area contributed by atoms with Crippen molar-refractivity contribution in [2.45, 2.75) is 367 Å². The third-order valence-electron chi connectivity index (χ3n) is 15.6. The predicted molar refractivity (Wildman–Crippen MR) is 323 cm³/mol. The first-order valence-electron chi connectivity index (χ1n) is 33.7. The smallest absolute Gasteiger partial charge is 0.361 e. The molecule has 0 aromatic carbocycles. The standard InChI is InChI=1S/C67H131NO8/c1-6-8-10-12-14-16-18-20-21-22-23-24-25-26-27-28-29-30-31-32-33-34-35-36-37-38-39-40-41-42-43-44-45-46-48-50-52-54-56-58-65(70)76-63(62-75-67(66(71)72)73-60-59-68(3,4)5)61-74-64(69)57-55-53-51-49-47-19-17-15-13-11-9-7-2/h63,67H,6-62H2,1-5H3/p+1. The van der Waals surface area contributed by atoms with Gasteiger partial charge in [0.15, 0.2) is 6.10 Å². The summed E-state index contributed by atoms with van der Waals surface area (Å²) in [6.45, 7) is 4.94. The molecular formula is C67H132NO8+. The average molecular weight is 1080 g/mol. The van der Waals surface area contributed by atoms with Crippen molar-refractivity contribution in [3.05, 3.63) is 0 Å². The van der Waals surface area contributed by atoms with E-state index in [0.29, 0.717) is 17.4 Å². The van der Waals surface area contributed by atoms with E-state index in [1.807, 2.05) is 21.1 Å². The summed E-state index contributed by atoms with van der Waals surface area (Å²) >= 11 is 0. The zero-order chi connectivity index (χ0) is 55.5. The topological polar surface area (TPSA) is 108 Å². The van der Waals surface area contributed by atoms with Crippen LogP contribution in [0.4, 0.5) is 0 Å². The van der Waals surface area contributed by atoms with Crippen LogP contribution in [0, 0.1) is 0 Å². The van der Waals surface area contributed by atoms with E-state index in [1.165, 1.54) is 289 Å². The number of hydrogen-bond donors (Lipinski definition) is 1. The summed E-state index contributed by atoms with van der Waals surface area (Å²) in [5, 5.41) is 9.70. The molecule has 1 N–H and O–H groups in total. The Morgan fingerprint density at radius 2 is 0.592 bits per heavy atom. The highest BCUT2D eigenvalue weighted by Gasteiger charge is 2.25. The summed E-state index contributed by atoms with van der Waals surface area (Å²) < 4.78 is 22.9. The number of rotatable bonds is 64. The second kappa shape index (κ2) is 59.4. The molecule has 0 aliphatic heterocycles. The molecule has 0 spiro atoms. The number of carbonyl (C=O) groups is 3. The van der Waals surface area contributed by atoms with Crippen molar-refractivity contribution in [1.82, 2.24) is 0 Å². The maximum atomic E-state index is 12.9. The number of ether oxygens (including phenoxy) is 4. The number of esters is 2. The lowest BCUT2D eigenvalue weighted by molar-refractivity contribution is -0.870. The molecular weight excluding hydrogens is 947 g/mol. The van der Waals surface area contributed by atoms with E-state index in [1.54, 1.807) is 0 Å². The quantitative estimate of drug-likeness (QED) is 0.0278. The zero-order valence-corrected chi connectivity index (χ0v) is 51.7. The minimum atomic E-state index is -1.50. The largest absolute Gasteiger partial charge is 0.477 e. The van der Waals surface area contributed by atoms with Gasteiger partial charge in [0.05, 0.1) is 34.4 Å². The van der Waals surface area contributed by atoms with Crippen molar-refractivity contribution < 1.29 is 42.9 Å². The van der Waals surface area contributed by atoms with Gasteiger partial charge >= 0.3 is 17.9 Å². The second-order valence-corrected chi connectivity index (χ2v) is 24.5. The van der Waals surface area contributed by atoms with Crippen molar-refractivity contribution in [2.24, 2.45) is 0 Å². The van der Waals surface area contributed by atoms with Gasteiger partial charge in [0.25, 0.3) is 6.29 Å². The maximum absolute atomic E-state index is 12.9. The molecule has 9 heteroatoms. The van der Waals surface area contributed by atoms with Crippen molar-refractivity contribution >= 4 is 17.9 Å². The van der Waals surface area contributed by atoms with E-state index in [4.69, 9.17) is 18.9 Å². The van der Waals surface area contributed by atoms with Crippen LogP contribution in [0.25, 0.3) is 0 Å². The summed E-state index contributed by atoms with van der Waals surface area (Å²) in [5.74, 6) is -1.98. The summed E-state index contributed by atoms with van der Waals surface area (Å²) in [7, 11) is 5.98.